The van der Waals surface area contributed by atoms with E-state index in [1.54, 1.807) is 0 Å². The van der Waals surface area contributed by atoms with Crippen molar-refractivity contribution in [2.24, 2.45) is 0 Å². The molecule has 2 unspecified atom stereocenters. The van der Waals surface area contributed by atoms with E-state index in [2.05, 4.69) is 5.32 Å². The molecular formula is C27H26N2O7S3. The van der Waals surface area contributed by atoms with Crippen LogP contribution < -0.4 is 5.32 Å². The topological polar surface area (TPSA) is 119 Å². The quantitative estimate of drug-likeness (QED) is 0.231. The first kappa shape index (κ1) is 27.4. The van der Waals surface area contributed by atoms with Crippen molar-refractivity contribution >= 4 is 51.0 Å². The maximum atomic E-state index is 13.7. The van der Waals surface area contributed by atoms with Gasteiger partial charge in [-0.05, 0) is 22.6 Å². The molecule has 0 radical (unpaired) electrons. The summed E-state index contributed by atoms with van der Waals surface area (Å²) < 4.78 is 35.9. The van der Waals surface area contributed by atoms with Crippen molar-refractivity contribution in [2.45, 2.75) is 29.5 Å². The van der Waals surface area contributed by atoms with Gasteiger partial charge < -0.3 is 15.0 Å². The molecule has 2 aliphatic rings. The van der Waals surface area contributed by atoms with Gasteiger partial charge in [-0.2, -0.15) is 8.42 Å². The maximum Gasteiger partial charge on any atom is 0.343 e. The van der Waals surface area contributed by atoms with Crippen LogP contribution >= 0.6 is 23.1 Å². The van der Waals surface area contributed by atoms with E-state index in [1.165, 1.54) is 28.0 Å². The van der Waals surface area contributed by atoms with E-state index in [9.17, 15) is 22.8 Å². The Bertz CT molecular complexity index is 1410. The molecule has 0 aliphatic carbocycles. The Labute approximate surface area is 234 Å². The third-order valence-electron chi connectivity index (χ3n) is 6.40. The van der Waals surface area contributed by atoms with Gasteiger partial charge in [-0.3, -0.25) is 9.59 Å². The lowest BCUT2D eigenvalue weighted by molar-refractivity contribution is -0.171. The SMILES string of the molecule is CS(=O)(=O)OC1(C(=O)OC(c2ccccc2)c2ccccc2)CS[C@@H]2C(NC(=O)Cc3cccs3)C(=O)N2C1. The van der Waals surface area contributed by atoms with Gasteiger partial charge in [-0.15, -0.1) is 23.1 Å². The van der Waals surface area contributed by atoms with Gasteiger partial charge in [0.25, 0.3) is 10.1 Å². The molecule has 9 nitrogen and oxygen atoms in total. The minimum absolute atomic E-state index is 0.0824. The van der Waals surface area contributed by atoms with Crippen LogP contribution in [0.1, 0.15) is 22.1 Å². The van der Waals surface area contributed by atoms with Crippen LogP contribution in [-0.4, -0.2) is 66.7 Å². The number of thioether (sulfide) groups is 1. The molecule has 3 aromatic rings. The number of nitrogens with zero attached hydrogens (tertiary/aromatic N) is 1. The predicted molar refractivity (Wildman–Crippen MR) is 147 cm³/mol. The Morgan fingerprint density at radius 3 is 2.26 bits per heavy atom. The molecule has 1 N–H and O–H groups in total. The smallest absolute Gasteiger partial charge is 0.343 e. The summed E-state index contributed by atoms with van der Waals surface area (Å²) in [5, 5.41) is 4.18. The van der Waals surface area contributed by atoms with Gasteiger partial charge in [0.2, 0.25) is 17.4 Å². The second kappa shape index (κ2) is 11.1. The first-order chi connectivity index (χ1) is 18.7. The minimum Gasteiger partial charge on any atom is -0.450 e. The molecule has 5 rings (SSSR count). The van der Waals surface area contributed by atoms with Crippen LogP contribution in [0.4, 0.5) is 0 Å². The van der Waals surface area contributed by atoms with Crippen LogP contribution in [-0.2, 0) is 39.8 Å². The molecule has 12 heteroatoms. The van der Waals surface area contributed by atoms with E-state index >= 15 is 0 Å². The average Bonchev–Trinajstić information content (AvgIpc) is 3.43. The number of hydrogen-bond acceptors (Lipinski definition) is 9. The lowest BCUT2D eigenvalue weighted by Crippen LogP contribution is -2.75. The average molecular weight is 587 g/mol. The van der Waals surface area contributed by atoms with Crippen molar-refractivity contribution < 1.29 is 31.7 Å². The molecule has 1 aromatic heterocycles. The highest BCUT2D eigenvalue weighted by molar-refractivity contribution is 8.00. The maximum absolute atomic E-state index is 13.7. The molecular weight excluding hydrogens is 561 g/mol. The molecule has 2 amide bonds. The third-order valence-corrected chi connectivity index (χ3v) is 9.40. The zero-order valence-electron chi connectivity index (χ0n) is 20.9. The molecule has 204 valence electrons. The van der Waals surface area contributed by atoms with Crippen LogP contribution in [0, 0.1) is 0 Å². The fourth-order valence-electron chi connectivity index (χ4n) is 4.64. The number of nitrogens with one attached hydrogen (secondary N) is 1. The molecule has 3 heterocycles. The van der Waals surface area contributed by atoms with Gasteiger partial charge >= 0.3 is 5.97 Å². The van der Waals surface area contributed by atoms with Gasteiger partial charge in [0.1, 0.15) is 11.4 Å². The zero-order chi connectivity index (χ0) is 27.6. The highest BCUT2D eigenvalue weighted by Crippen LogP contribution is 2.42. The summed E-state index contributed by atoms with van der Waals surface area (Å²) in [5.74, 6) is -1.67. The van der Waals surface area contributed by atoms with E-state index in [1.807, 2.05) is 78.2 Å². The van der Waals surface area contributed by atoms with E-state index in [0.29, 0.717) is 11.1 Å². The van der Waals surface area contributed by atoms with Gasteiger partial charge in [0.15, 0.2) is 6.10 Å². The van der Waals surface area contributed by atoms with Crippen molar-refractivity contribution in [3.63, 3.8) is 0 Å². The molecule has 0 spiro atoms. The van der Waals surface area contributed by atoms with E-state index in [4.69, 9.17) is 8.92 Å². The molecule has 0 bridgehead atoms. The highest BCUT2D eigenvalue weighted by atomic mass is 32.2. The number of β-lactam (4-membered cyclic amide) rings is 1. The van der Waals surface area contributed by atoms with Crippen LogP contribution in [0.3, 0.4) is 0 Å². The van der Waals surface area contributed by atoms with Crippen molar-refractivity contribution in [2.75, 3.05) is 18.6 Å². The fraction of sp³-hybridized carbons (Fsp3) is 0.296. The molecule has 2 fully saturated rings. The van der Waals surface area contributed by atoms with Crippen molar-refractivity contribution in [1.29, 1.82) is 0 Å². The first-order valence-corrected chi connectivity index (χ1v) is 15.9. The normalized spacial score (nSPS) is 22.6. The van der Waals surface area contributed by atoms with Crippen LogP contribution in [0.25, 0.3) is 0 Å². The van der Waals surface area contributed by atoms with Gasteiger partial charge in [0, 0.05) is 10.6 Å². The Kier molecular flexibility index (Phi) is 7.81. The largest absolute Gasteiger partial charge is 0.450 e. The molecule has 39 heavy (non-hydrogen) atoms. The number of hydrogen-bond donors (Lipinski definition) is 1. The predicted octanol–water partition coefficient (Wildman–Crippen LogP) is 2.74. The first-order valence-electron chi connectivity index (χ1n) is 12.1. The number of carbonyl (C=O) groups excluding carboxylic acids is 3. The second-order valence-corrected chi connectivity index (χ2v) is 13.1. The fourth-order valence-corrected chi connectivity index (χ4v) is 7.62. The zero-order valence-corrected chi connectivity index (χ0v) is 23.3. The van der Waals surface area contributed by atoms with Crippen molar-refractivity contribution in [1.82, 2.24) is 10.2 Å². The highest BCUT2D eigenvalue weighted by Gasteiger charge is 2.60. The van der Waals surface area contributed by atoms with Crippen LogP contribution in [0.15, 0.2) is 78.2 Å². The lowest BCUT2D eigenvalue weighted by atomic mass is 9.98. The molecule has 2 saturated heterocycles. The van der Waals surface area contributed by atoms with Crippen molar-refractivity contribution in [3.05, 3.63) is 94.2 Å². The summed E-state index contributed by atoms with van der Waals surface area (Å²) in [6, 6.07) is 21.1. The number of amides is 2. The number of ether oxygens (including phenoxy) is 1. The summed E-state index contributed by atoms with van der Waals surface area (Å²) in [7, 11) is -4.11. The Morgan fingerprint density at radius 1 is 1.05 bits per heavy atom. The van der Waals surface area contributed by atoms with E-state index in [-0.39, 0.29) is 24.6 Å². The Hall–Kier alpha value is -3.19. The summed E-state index contributed by atoms with van der Waals surface area (Å²) in [6.45, 7) is -0.316. The Morgan fingerprint density at radius 2 is 1.69 bits per heavy atom. The standard InChI is InChI=1S/C27H26N2O7S3/c1-39(33,34)36-27(26(32)35-23(18-9-4-2-5-10-18)19-11-6-3-7-12-19)16-29-24(31)22(25(29)38-17-27)28-21(30)15-20-13-8-14-37-20/h2-14,22-23,25H,15-17H2,1H3,(H,28,30)/t22?,25-,27?/m1/s1. The second-order valence-electron chi connectivity index (χ2n) is 9.36. The minimum atomic E-state index is -4.11. The summed E-state index contributed by atoms with van der Waals surface area (Å²) >= 11 is 2.62. The number of rotatable bonds is 9. The van der Waals surface area contributed by atoms with Gasteiger partial charge in [-0.1, -0.05) is 66.7 Å². The molecule has 2 aliphatic heterocycles. The van der Waals surface area contributed by atoms with Gasteiger partial charge in [0.05, 0.1) is 19.2 Å². The Balaban J connectivity index is 1.35. The third kappa shape index (κ3) is 6.03. The van der Waals surface area contributed by atoms with Crippen LogP contribution in [0.5, 0.6) is 0 Å². The van der Waals surface area contributed by atoms with Crippen molar-refractivity contribution in [3.8, 4) is 0 Å². The number of esters is 1. The van der Waals surface area contributed by atoms with Gasteiger partial charge in [-0.25, -0.2) is 8.98 Å². The number of benzene rings is 2. The number of carbonyl (C=O) groups is 3. The molecule has 2 aromatic carbocycles. The number of thiophene rings is 1. The molecule has 0 saturated carbocycles. The molecule has 3 atom stereocenters. The monoisotopic (exact) mass is 586 g/mol. The van der Waals surface area contributed by atoms with E-state index < -0.39 is 45.1 Å². The summed E-state index contributed by atoms with van der Waals surface area (Å²) in [5.41, 5.74) is -0.555. The summed E-state index contributed by atoms with van der Waals surface area (Å²) in [6.07, 6.45) is 0.196. The number of fused-ring (bicyclic) bond motifs is 1. The lowest BCUT2D eigenvalue weighted by Gasteiger charge is -2.53. The van der Waals surface area contributed by atoms with E-state index in [0.717, 1.165) is 11.1 Å². The van der Waals surface area contributed by atoms with Crippen LogP contribution in [0.2, 0.25) is 0 Å². The summed E-state index contributed by atoms with van der Waals surface area (Å²) in [4.78, 5) is 41.5.